The maximum atomic E-state index is 2.26. The summed E-state index contributed by atoms with van der Waals surface area (Å²) in [6.07, 6.45) is 3.39. The Kier molecular flexibility index (Phi) is 14.6. The average molecular weight is 440 g/mol. The number of hydrogen-bond acceptors (Lipinski definition) is 0. The van der Waals surface area contributed by atoms with Crippen LogP contribution >= 0.6 is 0 Å². The third-order valence-electron chi connectivity index (χ3n) is 4.27. The van der Waals surface area contributed by atoms with Crippen molar-refractivity contribution in [2.24, 2.45) is 0 Å². The molecule has 0 atom stereocenters. The molecule has 0 saturated heterocycles. The minimum Gasteiger partial charge on any atom is -0.214 e. The van der Waals surface area contributed by atoms with E-state index in [9.17, 15) is 0 Å². The van der Waals surface area contributed by atoms with Crippen LogP contribution in [0.1, 0.15) is 36.1 Å². The zero-order chi connectivity index (χ0) is 17.7. The number of hydrogen-bond donors (Lipinski definition) is 0. The molecule has 0 aliphatic rings. The second kappa shape index (κ2) is 15.5. The Morgan fingerprint density at radius 3 is 1.26 bits per heavy atom. The molecule has 0 bridgehead atoms. The summed E-state index contributed by atoms with van der Waals surface area (Å²) in [6.45, 7) is 4.45. The second-order valence-corrected chi connectivity index (χ2v) is 5.96. The molecule has 0 spiro atoms. The van der Waals surface area contributed by atoms with Gasteiger partial charge in [0.05, 0.1) is 0 Å². The van der Waals surface area contributed by atoms with E-state index in [-0.39, 0.29) is 34.1 Å². The van der Waals surface area contributed by atoms with E-state index in [0.29, 0.717) is 0 Å². The fourth-order valence-electron chi connectivity index (χ4n) is 2.87. The van der Waals surface area contributed by atoms with Crippen molar-refractivity contribution in [3.8, 4) is 0 Å². The van der Waals surface area contributed by atoms with E-state index in [1.165, 1.54) is 22.3 Å². The van der Waals surface area contributed by atoms with Crippen LogP contribution in [0.25, 0.3) is 0 Å². The van der Waals surface area contributed by atoms with E-state index in [1.807, 2.05) is 60.7 Å². The molecule has 4 aromatic rings. The van der Waals surface area contributed by atoms with E-state index in [4.69, 9.17) is 0 Å². The number of aryl methyl sites for hydroxylation is 2. The molecule has 4 aromatic carbocycles. The van der Waals surface area contributed by atoms with Gasteiger partial charge in [0.15, 0.2) is 0 Å². The molecule has 0 fully saturated rings. The first-order valence-corrected chi connectivity index (χ1v) is 9.15. The zero-order valence-electron chi connectivity index (χ0n) is 16.1. The van der Waals surface area contributed by atoms with Gasteiger partial charge in [-0.3, -0.25) is 0 Å². The molecular weight excluding hydrogens is 412 g/mol. The normalized spacial score (nSPS) is 8.96. The van der Waals surface area contributed by atoms with Crippen molar-refractivity contribution in [2.75, 3.05) is 0 Å². The molecule has 0 unspecified atom stereocenters. The molecule has 144 valence electrons. The molecule has 0 radical (unpaired) electrons. The van der Waals surface area contributed by atoms with E-state index < -0.39 is 0 Å². The van der Waals surface area contributed by atoms with Crippen LogP contribution in [0.3, 0.4) is 0 Å². The van der Waals surface area contributed by atoms with Gasteiger partial charge in [-0.2, -0.15) is 70.8 Å². The minimum atomic E-state index is 0. The summed E-state index contributed by atoms with van der Waals surface area (Å²) in [7, 11) is 0. The molecule has 27 heavy (non-hydrogen) atoms. The largest absolute Gasteiger partial charge is 2.00 e. The molecule has 2 heteroatoms. The van der Waals surface area contributed by atoms with Crippen LogP contribution in [-0.2, 0) is 53.4 Å². The van der Waals surface area contributed by atoms with Crippen molar-refractivity contribution in [3.05, 3.63) is 119 Å². The van der Waals surface area contributed by atoms with Crippen LogP contribution in [-0.4, -0.2) is 0 Å². The van der Waals surface area contributed by atoms with Crippen LogP contribution < -0.4 is 0 Å². The first-order chi connectivity index (χ1) is 12.3. The molecule has 0 N–H and O–H groups in total. The van der Waals surface area contributed by atoms with Crippen molar-refractivity contribution in [2.45, 2.75) is 33.1 Å². The molecule has 0 heterocycles. The molecule has 0 saturated carbocycles. The summed E-state index contributed by atoms with van der Waals surface area (Å²) in [6, 6.07) is 33.3. The summed E-state index contributed by atoms with van der Waals surface area (Å²) in [5, 5.41) is 0. The van der Waals surface area contributed by atoms with Crippen molar-refractivity contribution in [3.63, 3.8) is 0 Å². The van der Waals surface area contributed by atoms with Crippen LogP contribution in [0.5, 0.6) is 0 Å². The van der Waals surface area contributed by atoms with Crippen LogP contribution in [0.4, 0.5) is 0 Å². The van der Waals surface area contributed by atoms with E-state index in [0.717, 1.165) is 19.3 Å². The first-order valence-electron chi connectivity index (χ1n) is 9.15. The second-order valence-electron chi connectivity index (χ2n) is 5.96. The van der Waals surface area contributed by atoms with Gasteiger partial charge in [-0.15, -0.1) is 0 Å². The Balaban J connectivity index is 0.000000465. The van der Waals surface area contributed by atoms with Gasteiger partial charge in [0.2, 0.25) is 0 Å². The zero-order valence-corrected chi connectivity index (χ0v) is 18.3. The number of rotatable bonds is 4. The molecule has 0 aliphatic heterocycles. The SMILES string of the molecule is CCc1ccc[c-]1C[c-]1cccc1CC.[Fe+2].[Fe+2].c1cc[cH-]c1.c1cc[cH-]c1. The predicted molar refractivity (Wildman–Crippen MR) is 110 cm³/mol. The van der Waals surface area contributed by atoms with Gasteiger partial charge < -0.3 is 0 Å². The molecule has 0 nitrogen and oxygen atoms in total. The Morgan fingerprint density at radius 1 is 0.630 bits per heavy atom. The van der Waals surface area contributed by atoms with Crippen molar-refractivity contribution in [1.29, 1.82) is 0 Å². The van der Waals surface area contributed by atoms with Gasteiger partial charge in [-0.25, -0.2) is 48.5 Å². The first kappa shape index (κ1) is 25.4. The van der Waals surface area contributed by atoms with Gasteiger partial charge >= 0.3 is 34.1 Å². The van der Waals surface area contributed by atoms with Crippen molar-refractivity contribution < 1.29 is 34.1 Å². The molecule has 0 aromatic heterocycles. The topological polar surface area (TPSA) is 0 Å². The van der Waals surface area contributed by atoms with E-state index >= 15 is 0 Å². The van der Waals surface area contributed by atoms with Crippen molar-refractivity contribution in [1.82, 2.24) is 0 Å². The predicted octanol–water partition coefficient (Wildman–Crippen LogP) is 6.65. The van der Waals surface area contributed by atoms with E-state index in [1.54, 1.807) is 0 Å². The summed E-state index contributed by atoms with van der Waals surface area (Å²) in [5.74, 6) is 0. The Labute approximate surface area is 186 Å². The quantitative estimate of drug-likeness (QED) is 0.246. The van der Waals surface area contributed by atoms with Gasteiger partial charge in [0.25, 0.3) is 0 Å². The van der Waals surface area contributed by atoms with Gasteiger partial charge in [-0.1, -0.05) is 33.1 Å². The Hall–Kier alpha value is -1.56. The van der Waals surface area contributed by atoms with Gasteiger partial charge in [0.1, 0.15) is 0 Å². The average Bonchev–Trinajstić information content (AvgIpc) is 3.46. The Bertz CT molecular complexity index is 654. The molecule has 4 rings (SSSR count). The third kappa shape index (κ3) is 9.27. The van der Waals surface area contributed by atoms with E-state index in [2.05, 4.69) is 50.2 Å². The minimum absolute atomic E-state index is 0. The smallest absolute Gasteiger partial charge is 0.214 e. The monoisotopic (exact) mass is 440 g/mol. The van der Waals surface area contributed by atoms with Crippen LogP contribution in [0.2, 0.25) is 0 Å². The summed E-state index contributed by atoms with van der Waals surface area (Å²) in [4.78, 5) is 0. The van der Waals surface area contributed by atoms with Crippen LogP contribution in [0, 0.1) is 0 Å². The van der Waals surface area contributed by atoms with Crippen LogP contribution in [0.15, 0.2) is 97.1 Å². The van der Waals surface area contributed by atoms with Gasteiger partial charge in [0, 0.05) is 0 Å². The standard InChI is InChI=1S/C15H18.2C5H5.2Fe/c1-3-12-7-5-9-14(12)11-15-10-6-8-13(15)4-2;2*1-2-4-5-3-1;;/h5-10H,3-4,11H2,1-2H3;2*1-5H;;/q-2;2*-1;2*+2. The van der Waals surface area contributed by atoms with Crippen molar-refractivity contribution >= 4 is 0 Å². The Morgan fingerprint density at radius 2 is 1.00 bits per heavy atom. The molecule has 0 aliphatic carbocycles. The third-order valence-corrected chi connectivity index (χ3v) is 4.27. The fraction of sp³-hybridized carbons (Fsp3) is 0.200. The van der Waals surface area contributed by atoms with Gasteiger partial charge in [-0.05, 0) is 0 Å². The maximum absolute atomic E-state index is 2.26. The molecule has 0 amide bonds. The summed E-state index contributed by atoms with van der Waals surface area (Å²) >= 11 is 0. The molecular formula is C25H28Fe2. The summed E-state index contributed by atoms with van der Waals surface area (Å²) < 4.78 is 0. The fourth-order valence-corrected chi connectivity index (χ4v) is 2.87. The maximum Gasteiger partial charge on any atom is 2.00 e. The summed E-state index contributed by atoms with van der Waals surface area (Å²) in [5.41, 5.74) is 5.99.